The Morgan fingerprint density at radius 3 is 2.12 bits per heavy atom. The van der Waals surface area contributed by atoms with Gasteiger partial charge in [0.05, 0.1) is 6.61 Å². The van der Waals surface area contributed by atoms with Gasteiger partial charge in [0.1, 0.15) is 24.4 Å². The third-order valence-corrected chi connectivity index (χ3v) is 5.18. The van der Waals surface area contributed by atoms with Crippen LogP contribution >= 0.6 is 0 Å². The quantitative estimate of drug-likeness (QED) is 0.575. The van der Waals surface area contributed by atoms with Crippen LogP contribution < -0.4 is 0 Å². The molecule has 3 saturated heterocycles. The molecule has 0 spiro atoms. The number of ether oxygens (including phenoxy) is 6. The van der Waals surface area contributed by atoms with Crippen LogP contribution in [0.25, 0.3) is 0 Å². The standard InChI is InChI=1S/C20H36O6/c1-6-7-8-9-10-11-12-21-13-14-15-16(24-19(2,3)23-15)17-18(22-14)26-20(4,5)25-17/h14-18H,6-13H2,1-5H3/t14-,15+,16+,17-,18-/m1/s1. The molecule has 0 aromatic heterocycles. The average molecular weight is 373 g/mol. The van der Waals surface area contributed by atoms with E-state index in [0.717, 1.165) is 13.0 Å². The molecular weight excluding hydrogens is 336 g/mol. The molecule has 6 heteroatoms. The lowest BCUT2D eigenvalue weighted by Crippen LogP contribution is -2.56. The molecule has 3 aliphatic rings. The van der Waals surface area contributed by atoms with Gasteiger partial charge in [0.25, 0.3) is 0 Å². The monoisotopic (exact) mass is 372 g/mol. The van der Waals surface area contributed by atoms with Crippen molar-refractivity contribution in [3.63, 3.8) is 0 Å². The summed E-state index contributed by atoms with van der Waals surface area (Å²) in [6.45, 7) is 11.1. The number of rotatable bonds is 9. The number of unbranched alkanes of at least 4 members (excludes halogenated alkanes) is 5. The molecule has 3 heterocycles. The minimum atomic E-state index is -0.676. The topological polar surface area (TPSA) is 55.4 Å². The van der Waals surface area contributed by atoms with Gasteiger partial charge < -0.3 is 28.4 Å². The summed E-state index contributed by atoms with van der Waals surface area (Å²) in [4.78, 5) is 0. The molecule has 0 aromatic carbocycles. The maximum atomic E-state index is 6.14. The van der Waals surface area contributed by atoms with E-state index in [9.17, 15) is 0 Å². The van der Waals surface area contributed by atoms with Crippen LogP contribution in [0, 0.1) is 0 Å². The van der Waals surface area contributed by atoms with E-state index >= 15 is 0 Å². The van der Waals surface area contributed by atoms with Crippen LogP contribution in [0.1, 0.15) is 73.1 Å². The normalized spacial score (nSPS) is 37.5. The van der Waals surface area contributed by atoms with Crippen molar-refractivity contribution in [1.82, 2.24) is 0 Å². The van der Waals surface area contributed by atoms with Gasteiger partial charge in [-0.05, 0) is 34.1 Å². The maximum absolute atomic E-state index is 6.14. The molecule has 152 valence electrons. The first kappa shape index (κ1) is 20.5. The van der Waals surface area contributed by atoms with Crippen molar-refractivity contribution in [3.8, 4) is 0 Å². The highest BCUT2D eigenvalue weighted by Crippen LogP contribution is 2.44. The van der Waals surface area contributed by atoms with Gasteiger partial charge >= 0.3 is 0 Å². The molecule has 0 bridgehead atoms. The number of hydrogen-bond donors (Lipinski definition) is 0. The molecule has 0 aliphatic carbocycles. The fourth-order valence-corrected chi connectivity index (χ4v) is 4.01. The molecule has 0 unspecified atom stereocenters. The van der Waals surface area contributed by atoms with Crippen molar-refractivity contribution >= 4 is 0 Å². The largest absolute Gasteiger partial charge is 0.379 e. The van der Waals surface area contributed by atoms with Crippen molar-refractivity contribution in [2.45, 2.75) is 115 Å². The summed E-state index contributed by atoms with van der Waals surface area (Å²) in [5, 5.41) is 0. The molecule has 0 N–H and O–H groups in total. The molecule has 6 nitrogen and oxygen atoms in total. The minimum Gasteiger partial charge on any atom is -0.379 e. The molecule has 3 fully saturated rings. The Balaban J connectivity index is 1.48. The summed E-state index contributed by atoms with van der Waals surface area (Å²) in [7, 11) is 0. The summed E-state index contributed by atoms with van der Waals surface area (Å²) in [5.41, 5.74) is 0. The Morgan fingerprint density at radius 2 is 1.35 bits per heavy atom. The van der Waals surface area contributed by atoms with Gasteiger partial charge in [-0.25, -0.2) is 0 Å². The van der Waals surface area contributed by atoms with Crippen molar-refractivity contribution in [1.29, 1.82) is 0 Å². The minimum absolute atomic E-state index is 0.201. The first-order chi connectivity index (χ1) is 12.3. The third-order valence-electron chi connectivity index (χ3n) is 5.18. The Hall–Kier alpha value is -0.240. The predicted octanol–water partition coefficient (Wildman–Crippen LogP) is 3.76. The highest BCUT2D eigenvalue weighted by atomic mass is 16.9. The fourth-order valence-electron chi connectivity index (χ4n) is 4.01. The fraction of sp³-hybridized carbons (Fsp3) is 1.00. The summed E-state index contributed by atoms with van der Waals surface area (Å²) < 4.78 is 36.2. The summed E-state index contributed by atoms with van der Waals surface area (Å²) in [6.07, 6.45) is 6.21. The van der Waals surface area contributed by atoms with Crippen molar-refractivity contribution in [2.24, 2.45) is 0 Å². The van der Waals surface area contributed by atoms with Gasteiger partial charge in [-0.3, -0.25) is 0 Å². The maximum Gasteiger partial charge on any atom is 0.190 e. The van der Waals surface area contributed by atoms with E-state index in [2.05, 4.69) is 6.92 Å². The van der Waals surface area contributed by atoms with Crippen LogP contribution in [-0.2, 0) is 28.4 Å². The summed E-state index contributed by atoms with van der Waals surface area (Å²) in [5.74, 6) is -1.33. The smallest absolute Gasteiger partial charge is 0.190 e. The van der Waals surface area contributed by atoms with Crippen molar-refractivity contribution < 1.29 is 28.4 Å². The second-order valence-corrected chi connectivity index (χ2v) is 8.55. The van der Waals surface area contributed by atoms with E-state index in [1.807, 2.05) is 27.7 Å². The van der Waals surface area contributed by atoms with E-state index in [1.165, 1.54) is 32.1 Å². The van der Waals surface area contributed by atoms with E-state index in [4.69, 9.17) is 28.4 Å². The first-order valence-corrected chi connectivity index (χ1v) is 10.3. The highest BCUT2D eigenvalue weighted by Gasteiger charge is 2.60. The van der Waals surface area contributed by atoms with Crippen LogP contribution in [0.4, 0.5) is 0 Å². The molecular formula is C20H36O6. The lowest BCUT2D eigenvalue weighted by Gasteiger charge is -2.37. The average Bonchev–Trinajstić information content (AvgIpc) is 3.04. The Labute approximate surface area is 157 Å². The van der Waals surface area contributed by atoms with Crippen LogP contribution in [0.5, 0.6) is 0 Å². The van der Waals surface area contributed by atoms with Gasteiger partial charge in [-0.15, -0.1) is 0 Å². The Kier molecular flexibility index (Phi) is 6.63. The number of fused-ring (bicyclic) bond motifs is 3. The molecule has 0 aromatic rings. The first-order valence-electron chi connectivity index (χ1n) is 10.3. The SMILES string of the molecule is CCCCCCCCOC[C@H]1O[C@@H]2OC(C)(C)O[C@@H]2[C@H]2OC(C)(C)O[C@H]21. The van der Waals surface area contributed by atoms with Crippen LogP contribution in [-0.4, -0.2) is 55.5 Å². The van der Waals surface area contributed by atoms with E-state index in [0.29, 0.717) is 6.61 Å². The van der Waals surface area contributed by atoms with E-state index < -0.39 is 17.9 Å². The van der Waals surface area contributed by atoms with Gasteiger partial charge in [-0.2, -0.15) is 0 Å². The second kappa shape index (κ2) is 8.41. The number of hydrogen-bond acceptors (Lipinski definition) is 6. The van der Waals surface area contributed by atoms with Gasteiger partial charge in [-0.1, -0.05) is 39.0 Å². The molecule has 3 aliphatic heterocycles. The zero-order chi connectivity index (χ0) is 18.8. The lowest BCUT2D eigenvalue weighted by molar-refractivity contribution is -0.243. The Morgan fingerprint density at radius 1 is 0.731 bits per heavy atom. The van der Waals surface area contributed by atoms with Gasteiger partial charge in [0.15, 0.2) is 17.9 Å². The molecule has 3 rings (SSSR count). The Bertz CT molecular complexity index is 452. The van der Waals surface area contributed by atoms with Crippen molar-refractivity contribution in [3.05, 3.63) is 0 Å². The zero-order valence-electron chi connectivity index (χ0n) is 17.0. The third kappa shape index (κ3) is 4.97. The van der Waals surface area contributed by atoms with Crippen LogP contribution in [0.2, 0.25) is 0 Å². The molecule has 0 amide bonds. The predicted molar refractivity (Wildman–Crippen MR) is 96.7 cm³/mol. The van der Waals surface area contributed by atoms with Gasteiger partial charge in [0, 0.05) is 6.61 Å². The van der Waals surface area contributed by atoms with Crippen LogP contribution in [0.15, 0.2) is 0 Å². The highest BCUT2D eigenvalue weighted by molar-refractivity contribution is 5.00. The molecule has 0 saturated carbocycles. The summed E-state index contributed by atoms with van der Waals surface area (Å²) in [6, 6.07) is 0. The van der Waals surface area contributed by atoms with E-state index in [1.54, 1.807) is 0 Å². The van der Waals surface area contributed by atoms with Gasteiger partial charge in [0.2, 0.25) is 0 Å². The zero-order valence-corrected chi connectivity index (χ0v) is 17.0. The summed E-state index contributed by atoms with van der Waals surface area (Å²) >= 11 is 0. The van der Waals surface area contributed by atoms with E-state index in [-0.39, 0.29) is 24.4 Å². The van der Waals surface area contributed by atoms with Crippen molar-refractivity contribution in [2.75, 3.05) is 13.2 Å². The molecule has 5 atom stereocenters. The van der Waals surface area contributed by atoms with Crippen LogP contribution in [0.3, 0.4) is 0 Å². The molecule has 0 radical (unpaired) electrons. The second-order valence-electron chi connectivity index (χ2n) is 8.55. The lowest BCUT2D eigenvalue weighted by atomic mass is 9.99. The molecule has 26 heavy (non-hydrogen) atoms.